The van der Waals surface area contributed by atoms with Gasteiger partial charge in [0.15, 0.2) is 5.13 Å². The summed E-state index contributed by atoms with van der Waals surface area (Å²) in [6.45, 7) is -0.812. The smallest absolute Gasteiger partial charge is 0.264 e. The predicted molar refractivity (Wildman–Crippen MR) is 115 cm³/mol. The Morgan fingerprint density at radius 1 is 1.27 bits per heavy atom. The summed E-state index contributed by atoms with van der Waals surface area (Å²) in [5.41, 5.74) is -0.213. The molecule has 2 aromatic heterocycles. The number of anilines is 1. The lowest BCUT2D eigenvalue weighted by molar-refractivity contribution is 0.0534. The van der Waals surface area contributed by atoms with Gasteiger partial charge < -0.3 is 19.9 Å². The predicted octanol–water partition coefficient (Wildman–Crippen LogP) is 3.75. The second kappa shape index (κ2) is 9.57. The van der Waals surface area contributed by atoms with E-state index in [2.05, 4.69) is 20.3 Å². The van der Waals surface area contributed by atoms with Crippen LogP contribution in [0, 0.1) is 5.82 Å². The minimum Gasteiger partial charge on any atom is -0.491 e. The van der Waals surface area contributed by atoms with E-state index >= 15 is 0 Å². The molecule has 4 N–H and O–H groups in total. The summed E-state index contributed by atoms with van der Waals surface area (Å²) in [7, 11) is 0. The van der Waals surface area contributed by atoms with Crippen molar-refractivity contribution in [1.29, 1.82) is 0 Å². The van der Waals surface area contributed by atoms with Crippen molar-refractivity contribution in [1.82, 2.24) is 15.0 Å². The number of amides is 1. The molecule has 0 unspecified atom stereocenters. The van der Waals surface area contributed by atoms with Crippen molar-refractivity contribution >= 4 is 33.4 Å². The highest BCUT2D eigenvalue weighted by Gasteiger charge is 2.21. The fourth-order valence-corrected chi connectivity index (χ4v) is 3.63. The number of fused-ring (bicyclic) bond motifs is 1. The third-order valence-electron chi connectivity index (χ3n) is 4.62. The highest BCUT2D eigenvalue weighted by Crippen LogP contribution is 2.34. The largest absolute Gasteiger partial charge is 0.491 e. The highest BCUT2D eigenvalue weighted by atomic mass is 32.1. The Bertz CT molecular complexity index is 1280. The molecule has 0 spiro atoms. The van der Waals surface area contributed by atoms with E-state index in [0.717, 1.165) is 18.2 Å². The summed E-state index contributed by atoms with van der Waals surface area (Å²) in [5, 5.41) is 22.7. The quantitative estimate of drug-likeness (QED) is 0.306. The molecule has 4 aromatic rings. The number of nitrogens with zero attached hydrogens (tertiary/aromatic N) is 2. The Kier molecular flexibility index (Phi) is 6.58. The third-order valence-corrected chi connectivity index (χ3v) is 5.30. The number of hydrogen-bond acceptors (Lipinski definition) is 7. The van der Waals surface area contributed by atoms with Crippen molar-refractivity contribution in [2.45, 2.75) is 12.5 Å². The summed E-state index contributed by atoms with van der Waals surface area (Å²) in [4.78, 5) is 23.7. The summed E-state index contributed by atoms with van der Waals surface area (Å²) >= 11 is 1.18. The molecule has 8 nitrogen and oxygen atoms in total. The number of aromatic amines is 1. The van der Waals surface area contributed by atoms with Gasteiger partial charge in [0.2, 0.25) is 0 Å². The first-order chi connectivity index (χ1) is 15.9. The van der Waals surface area contributed by atoms with Crippen LogP contribution in [0.15, 0.2) is 41.9 Å². The number of aromatic nitrogens is 3. The van der Waals surface area contributed by atoms with Gasteiger partial charge in [0, 0.05) is 22.7 Å². The van der Waals surface area contributed by atoms with Gasteiger partial charge in [0.05, 0.1) is 17.7 Å². The van der Waals surface area contributed by atoms with Gasteiger partial charge in [-0.25, -0.2) is 23.1 Å². The number of aliphatic hydroxyl groups is 2. The molecule has 2 heterocycles. The Morgan fingerprint density at radius 3 is 2.79 bits per heavy atom. The van der Waals surface area contributed by atoms with Crippen molar-refractivity contribution in [2.75, 3.05) is 18.5 Å². The molecule has 2 aromatic carbocycles. The number of rotatable bonds is 8. The molecule has 0 radical (unpaired) electrons. The van der Waals surface area contributed by atoms with E-state index in [1.807, 2.05) is 0 Å². The highest BCUT2D eigenvalue weighted by molar-refractivity contribution is 7.13. The maximum Gasteiger partial charge on any atom is 0.264 e. The number of carbonyl (C=O) groups excluding carboxylic acids is 1. The number of carbonyl (C=O) groups is 1. The van der Waals surface area contributed by atoms with Crippen LogP contribution in [0.5, 0.6) is 5.75 Å². The first-order valence-electron chi connectivity index (χ1n) is 9.60. The molecule has 1 atom stereocenters. The van der Waals surface area contributed by atoms with Crippen LogP contribution in [-0.4, -0.2) is 50.4 Å². The minimum absolute atomic E-state index is 0.0103. The van der Waals surface area contributed by atoms with E-state index in [9.17, 15) is 23.1 Å². The van der Waals surface area contributed by atoms with Crippen LogP contribution in [0.25, 0.3) is 22.4 Å². The molecular formula is C21H17F3N4O4S. The number of nitrogens with one attached hydrogen (secondary N) is 2. The van der Waals surface area contributed by atoms with Gasteiger partial charge in [0.1, 0.15) is 35.6 Å². The number of hydrogen-bond donors (Lipinski definition) is 4. The first-order valence-corrected chi connectivity index (χ1v) is 10.5. The van der Waals surface area contributed by atoms with Crippen LogP contribution in [0.4, 0.5) is 18.3 Å². The molecule has 0 fully saturated rings. The van der Waals surface area contributed by atoms with Crippen molar-refractivity contribution in [3.63, 3.8) is 0 Å². The Labute approximate surface area is 188 Å². The maximum atomic E-state index is 14.2. The lowest BCUT2D eigenvalue weighted by atomic mass is 10.1. The first kappa shape index (κ1) is 22.7. The van der Waals surface area contributed by atoms with Crippen LogP contribution in [0.2, 0.25) is 0 Å². The van der Waals surface area contributed by atoms with Gasteiger partial charge in [-0.2, -0.15) is 0 Å². The number of halogens is 3. The lowest BCUT2D eigenvalue weighted by Crippen LogP contribution is -2.21. The molecule has 4 rings (SSSR count). The monoisotopic (exact) mass is 478 g/mol. The molecule has 172 valence electrons. The van der Waals surface area contributed by atoms with E-state index in [4.69, 9.17) is 9.84 Å². The second-order valence-corrected chi connectivity index (χ2v) is 7.82. The van der Waals surface area contributed by atoms with Crippen LogP contribution >= 0.6 is 11.3 Å². The molecule has 0 aliphatic carbocycles. The Balaban J connectivity index is 1.72. The van der Waals surface area contributed by atoms with Gasteiger partial charge in [-0.05, 0) is 30.3 Å². The number of imidazole rings is 1. The van der Waals surface area contributed by atoms with Crippen molar-refractivity contribution in [2.24, 2.45) is 0 Å². The van der Waals surface area contributed by atoms with E-state index in [0.29, 0.717) is 5.13 Å². The zero-order valence-electron chi connectivity index (χ0n) is 16.8. The van der Waals surface area contributed by atoms with Crippen LogP contribution in [0.3, 0.4) is 0 Å². The number of benzene rings is 2. The lowest BCUT2D eigenvalue weighted by Gasteiger charge is -2.13. The van der Waals surface area contributed by atoms with E-state index in [1.165, 1.54) is 29.7 Å². The van der Waals surface area contributed by atoms with Crippen LogP contribution in [-0.2, 0) is 0 Å². The van der Waals surface area contributed by atoms with Gasteiger partial charge in [-0.3, -0.25) is 10.1 Å². The molecule has 0 aliphatic heterocycles. The Hall–Kier alpha value is -3.48. The number of thiazole rings is 1. The third kappa shape index (κ3) is 4.97. The number of aliphatic hydroxyl groups excluding tert-OH is 2. The molecule has 12 heteroatoms. The summed E-state index contributed by atoms with van der Waals surface area (Å²) in [6, 6.07) is 5.95. The second-order valence-electron chi connectivity index (χ2n) is 6.92. The van der Waals surface area contributed by atoms with Crippen molar-refractivity contribution in [3.05, 3.63) is 58.9 Å². The minimum atomic E-state index is -2.90. The molecule has 0 aliphatic rings. The standard InChI is InChI=1S/C21H17F3N4O4S/c22-10-5-15(20(31)28-21-25-3-4-33-21)17-16(6-10)26-19(27-17)13-2-1-12(7-14(13)18(23)24)32-9-11(30)8-29/h1-7,11,18,29-30H,8-9H2,(H,26,27)(H,25,28,31)/t11-/m0/s1. The summed E-state index contributed by atoms with van der Waals surface area (Å²) in [6.07, 6.45) is -2.56. The van der Waals surface area contributed by atoms with E-state index < -0.39 is 36.4 Å². The SMILES string of the molecule is O=C(Nc1nccs1)c1cc(F)cc2[nH]c(-c3ccc(OC[C@@H](O)CO)cc3C(F)F)nc12. The van der Waals surface area contributed by atoms with Gasteiger partial charge >= 0.3 is 0 Å². The van der Waals surface area contributed by atoms with Gasteiger partial charge in [-0.15, -0.1) is 11.3 Å². The molecule has 0 bridgehead atoms. The molecule has 0 saturated carbocycles. The Morgan fingerprint density at radius 2 is 2.09 bits per heavy atom. The number of ether oxygens (including phenoxy) is 1. The maximum absolute atomic E-state index is 14.2. The van der Waals surface area contributed by atoms with Gasteiger partial charge in [0.25, 0.3) is 12.3 Å². The van der Waals surface area contributed by atoms with Crippen molar-refractivity contribution < 1.29 is 32.9 Å². The fraction of sp³-hybridized carbons (Fsp3) is 0.190. The zero-order chi connectivity index (χ0) is 23.5. The molecule has 1 amide bonds. The average Bonchev–Trinajstić information content (AvgIpc) is 3.46. The molecule has 33 heavy (non-hydrogen) atoms. The average molecular weight is 478 g/mol. The molecular weight excluding hydrogens is 461 g/mol. The molecule has 0 saturated heterocycles. The zero-order valence-corrected chi connectivity index (χ0v) is 17.6. The van der Waals surface area contributed by atoms with E-state index in [1.54, 1.807) is 5.38 Å². The fourth-order valence-electron chi connectivity index (χ4n) is 3.10. The summed E-state index contributed by atoms with van der Waals surface area (Å²) < 4.78 is 47.0. The van der Waals surface area contributed by atoms with Crippen LogP contribution < -0.4 is 10.1 Å². The number of H-pyrrole nitrogens is 1. The number of alkyl halides is 2. The summed E-state index contributed by atoms with van der Waals surface area (Å²) in [5.74, 6) is -1.28. The van der Waals surface area contributed by atoms with E-state index in [-0.39, 0.29) is 40.3 Å². The topological polar surface area (TPSA) is 120 Å². The normalized spacial score (nSPS) is 12.3. The van der Waals surface area contributed by atoms with Crippen molar-refractivity contribution in [3.8, 4) is 17.1 Å². The van der Waals surface area contributed by atoms with Crippen LogP contribution in [0.1, 0.15) is 22.3 Å². The van der Waals surface area contributed by atoms with Gasteiger partial charge in [-0.1, -0.05) is 0 Å².